The van der Waals surface area contributed by atoms with Crippen molar-refractivity contribution < 1.29 is 4.79 Å². The molecule has 1 aromatic carbocycles. The fourth-order valence-electron chi connectivity index (χ4n) is 4.17. The molecule has 2 heterocycles. The van der Waals surface area contributed by atoms with Crippen LogP contribution in [-0.2, 0) is 4.79 Å². The highest BCUT2D eigenvalue weighted by Crippen LogP contribution is 2.37. The highest BCUT2D eigenvalue weighted by atomic mass is 35.5. The minimum absolute atomic E-state index is 0. The third-order valence-corrected chi connectivity index (χ3v) is 6.16. The predicted octanol–water partition coefficient (Wildman–Crippen LogP) is 4.33. The van der Waals surface area contributed by atoms with Crippen molar-refractivity contribution in [1.82, 2.24) is 10.2 Å². The Hall–Kier alpha value is -1.06. The first-order valence-corrected chi connectivity index (χ1v) is 9.57. The largest absolute Gasteiger partial charge is 0.343 e. The number of rotatable bonds is 4. The Bertz CT molecular complexity index is 554. The molecule has 0 aromatic heterocycles. The lowest BCUT2D eigenvalue weighted by Crippen LogP contribution is -2.44. The minimum atomic E-state index is 0. The van der Waals surface area contributed by atoms with Crippen LogP contribution in [0.2, 0.25) is 0 Å². The van der Waals surface area contributed by atoms with Crippen LogP contribution in [0.25, 0.3) is 0 Å². The Labute approximate surface area is 159 Å². The number of hydrogen-bond acceptors (Lipinski definition) is 2. The summed E-state index contributed by atoms with van der Waals surface area (Å²) in [6, 6.07) is 8.81. The summed E-state index contributed by atoms with van der Waals surface area (Å²) in [4.78, 5) is 14.8. The van der Waals surface area contributed by atoms with E-state index in [2.05, 4.69) is 55.3 Å². The van der Waals surface area contributed by atoms with Gasteiger partial charge in [0.2, 0.25) is 5.91 Å². The number of piperidine rings is 1. The van der Waals surface area contributed by atoms with Gasteiger partial charge < -0.3 is 10.2 Å². The Morgan fingerprint density at radius 2 is 1.68 bits per heavy atom. The van der Waals surface area contributed by atoms with Crippen molar-refractivity contribution in [2.24, 2.45) is 5.41 Å². The normalized spacial score (nSPS) is 20.6. The van der Waals surface area contributed by atoms with Gasteiger partial charge in [-0.25, -0.2) is 0 Å². The van der Waals surface area contributed by atoms with Crippen molar-refractivity contribution in [2.45, 2.75) is 58.3 Å². The van der Waals surface area contributed by atoms with Gasteiger partial charge in [0.1, 0.15) is 0 Å². The van der Waals surface area contributed by atoms with E-state index in [1.807, 2.05) is 0 Å². The average Bonchev–Trinajstić information content (AvgIpc) is 3.03. The number of amides is 1. The number of halogens is 1. The van der Waals surface area contributed by atoms with Gasteiger partial charge in [-0.3, -0.25) is 4.79 Å². The fraction of sp³-hybridized carbons (Fsp3) is 0.667. The van der Waals surface area contributed by atoms with E-state index in [0.29, 0.717) is 29.6 Å². The quantitative estimate of drug-likeness (QED) is 0.862. The molecule has 2 aliphatic heterocycles. The second-order valence-electron chi connectivity index (χ2n) is 8.23. The molecule has 2 fully saturated rings. The van der Waals surface area contributed by atoms with Gasteiger partial charge in [-0.05, 0) is 54.2 Å². The van der Waals surface area contributed by atoms with E-state index in [0.717, 1.165) is 26.2 Å². The molecule has 1 amide bonds. The second kappa shape index (κ2) is 8.55. The van der Waals surface area contributed by atoms with Gasteiger partial charge in [-0.1, -0.05) is 45.0 Å². The molecule has 0 saturated carbocycles. The molecule has 2 saturated heterocycles. The van der Waals surface area contributed by atoms with E-state index in [4.69, 9.17) is 0 Å². The molecule has 0 aliphatic carbocycles. The Kier molecular flexibility index (Phi) is 6.93. The van der Waals surface area contributed by atoms with Crippen molar-refractivity contribution in [3.63, 3.8) is 0 Å². The number of nitrogens with zero attached hydrogens (tertiary/aromatic N) is 1. The van der Waals surface area contributed by atoms with Crippen LogP contribution in [0, 0.1) is 5.41 Å². The standard InChI is InChI=1S/C21H32N2O.ClH/c1-16(2)18-4-6-19(7-5-18)17(3)14-20(24)23-12-9-21(10-13-23)8-11-22-15-21;/h4-7,16-17,22H,8-15H2,1-3H3;1H. The summed E-state index contributed by atoms with van der Waals surface area (Å²) in [5.41, 5.74) is 3.12. The van der Waals surface area contributed by atoms with Crippen LogP contribution < -0.4 is 5.32 Å². The molecule has 0 bridgehead atoms. The van der Waals surface area contributed by atoms with Gasteiger partial charge in [0, 0.05) is 26.1 Å². The van der Waals surface area contributed by atoms with Gasteiger partial charge in [0.25, 0.3) is 0 Å². The third-order valence-electron chi connectivity index (χ3n) is 6.16. The Morgan fingerprint density at radius 3 is 2.20 bits per heavy atom. The van der Waals surface area contributed by atoms with Crippen molar-refractivity contribution in [2.75, 3.05) is 26.2 Å². The molecule has 1 atom stereocenters. The number of hydrogen-bond donors (Lipinski definition) is 1. The van der Waals surface area contributed by atoms with Gasteiger partial charge >= 0.3 is 0 Å². The Morgan fingerprint density at radius 1 is 1.08 bits per heavy atom. The highest BCUT2D eigenvalue weighted by molar-refractivity contribution is 5.85. The molecule has 3 rings (SSSR count). The van der Waals surface area contributed by atoms with Crippen LogP contribution in [0.1, 0.15) is 69.4 Å². The molecule has 140 valence electrons. The van der Waals surface area contributed by atoms with Crippen LogP contribution in [0.3, 0.4) is 0 Å². The maximum Gasteiger partial charge on any atom is 0.223 e. The monoisotopic (exact) mass is 364 g/mol. The number of nitrogens with one attached hydrogen (secondary N) is 1. The van der Waals surface area contributed by atoms with Crippen molar-refractivity contribution >= 4 is 18.3 Å². The smallest absolute Gasteiger partial charge is 0.223 e. The molecule has 0 radical (unpaired) electrons. The van der Waals surface area contributed by atoms with Crippen LogP contribution in [0.5, 0.6) is 0 Å². The molecule has 3 nitrogen and oxygen atoms in total. The molecular formula is C21H33ClN2O. The Balaban J connectivity index is 0.00000225. The molecule has 1 N–H and O–H groups in total. The van der Waals surface area contributed by atoms with Crippen molar-refractivity contribution in [3.05, 3.63) is 35.4 Å². The summed E-state index contributed by atoms with van der Waals surface area (Å²) in [5.74, 6) is 1.18. The van der Waals surface area contributed by atoms with E-state index in [-0.39, 0.29) is 12.4 Å². The molecule has 1 aromatic rings. The zero-order valence-corrected chi connectivity index (χ0v) is 16.7. The van der Waals surface area contributed by atoms with E-state index in [9.17, 15) is 4.79 Å². The van der Waals surface area contributed by atoms with Crippen molar-refractivity contribution in [1.29, 1.82) is 0 Å². The summed E-state index contributed by atoms with van der Waals surface area (Å²) < 4.78 is 0. The van der Waals surface area contributed by atoms with Gasteiger partial charge in [-0.2, -0.15) is 0 Å². The summed E-state index contributed by atoms with van der Waals surface area (Å²) in [6.07, 6.45) is 4.26. The van der Waals surface area contributed by atoms with Gasteiger partial charge in [-0.15, -0.1) is 12.4 Å². The molecule has 25 heavy (non-hydrogen) atoms. The highest BCUT2D eigenvalue weighted by Gasteiger charge is 2.38. The minimum Gasteiger partial charge on any atom is -0.343 e. The summed E-state index contributed by atoms with van der Waals surface area (Å²) in [7, 11) is 0. The molecule has 2 aliphatic rings. The SMILES string of the molecule is CC(C)c1ccc(C(C)CC(=O)N2CCC3(CCNC3)CC2)cc1.Cl. The topological polar surface area (TPSA) is 32.3 Å². The van der Waals surface area contributed by atoms with Crippen LogP contribution in [0.4, 0.5) is 0 Å². The zero-order valence-electron chi connectivity index (χ0n) is 15.9. The number of carbonyl (C=O) groups excluding carboxylic acids is 1. The van der Waals surface area contributed by atoms with Crippen LogP contribution in [-0.4, -0.2) is 37.0 Å². The van der Waals surface area contributed by atoms with Crippen LogP contribution >= 0.6 is 12.4 Å². The second-order valence-corrected chi connectivity index (χ2v) is 8.23. The number of likely N-dealkylation sites (tertiary alicyclic amines) is 1. The first-order valence-electron chi connectivity index (χ1n) is 9.57. The number of carbonyl (C=O) groups is 1. The number of benzene rings is 1. The van der Waals surface area contributed by atoms with E-state index < -0.39 is 0 Å². The zero-order chi connectivity index (χ0) is 17.2. The molecule has 1 unspecified atom stereocenters. The lowest BCUT2D eigenvalue weighted by molar-refractivity contribution is -0.133. The first-order chi connectivity index (χ1) is 11.5. The van der Waals surface area contributed by atoms with Gasteiger partial charge in [0.05, 0.1) is 0 Å². The summed E-state index contributed by atoms with van der Waals surface area (Å²) >= 11 is 0. The summed E-state index contributed by atoms with van der Waals surface area (Å²) in [5, 5.41) is 3.49. The molecular weight excluding hydrogens is 332 g/mol. The molecule has 4 heteroatoms. The average molecular weight is 365 g/mol. The fourth-order valence-corrected chi connectivity index (χ4v) is 4.17. The maximum absolute atomic E-state index is 12.7. The predicted molar refractivity (Wildman–Crippen MR) is 107 cm³/mol. The maximum atomic E-state index is 12.7. The van der Waals surface area contributed by atoms with E-state index >= 15 is 0 Å². The summed E-state index contributed by atoms with van der Waals surface area (Å²) in [6.45, 7) is 10.8. The van der Waals surface area contributed by atoms with E-state index in [1.54, 1.807) is 0 Å². The van der Waals surface area contributed by atoms with Crippen LogP contribution in [0.15, 0.2) is 24.3 Å². The van der Waals surface area contributed by atoms with Crippen molar-refractivity contribution in [3.8, 4) is 0 Å². The first kappa shape index (κ1) is 20.3. The lowest BCUT2D eigenvalue weighted by Gasteiger charge is -2.39. The third kappa shape index (κ3) is 4.77. The molecule has 1 spiro atoms. The lowest BCUT2D eigenvalue weighted by atomic mass is 9.77. The van der Waals surface area contributed by atoms with E-state index in [1.165, 1.54) is 30.4 Å². The van der Waals surface area contributed by atoms with Gasteiger partial charge in [0.15, 0.2) is 0 Å².